The van der Waals surface area contributed by atoms with Crippen molar-refractivity contribution in [1.29, 1.82) is 0 Å². The Kier molecular flexibility index (Phi) is 4.42. The van der Waals surface area contributed by atoms with E-state index in [-0.39, 0.29) is 57.4 Å². The van der Waals surface area contributed by atoms with Crippen LogP contribution < -0.4 is 14.5 Å². The number of nitrogens with zero attached hydrogens (tertiary/aromatic N) is 1. The first-order valence-electron chi connectivity index (χ1n) is 11.5. The lowest BCUT2D eigenvalue weighted by Gasteiger charge is -2.43. The first-order chi connectivity index (χ1) is 16.6. The number of hydrogen-bond donors (Lipinski definition) is 1. The number of carbonyl (C=O) groups excluding carboxylic acids is 2. The average Bonchev–Trinajstić information content (AvgIpc) is 3.58. The number of amides is 2. The van der Waals surface area contributed by atoms with Crippen LogP contribution in [0.2, 0.25) is 0 Å². The summed E-state index contributed by atoms with van der Waals surface area (Å²) in [6, 6.07) is 17.4. The molecular weight excluding hydrogens is 468 g/mol. The third-order valence-corrected chi connectivity index (χ3v) is 10.8. The second-order valence-electron chi connectivity index (χ2n) is 9.58. The molecule has 7 rings (SSSR count). The molecule has 2 saturated carbocycles. The molecule has 2 amide bonds. The molecule has 3 aromatic rings. The normalized spacial score (nSPS) is 33.1. The summed E-state index contributed by atoms with van der Waals surface area (Å²) in [6.45, 7) is 0. The number of hydrogen-bond acceptors (Lipinski definition) is 6. The van der Waals surface area contributed by atoms with Crippen LogP contribution in [-0.4, -0.2) is 29.2 Å². The van der Waals surface area contributed by atoms with E-state index in [2.05, 4.69) is 17.1 Å². The lowest BCUT2D eigenvalue weighted by Crippen LogP contribution is -2.42. The smallest absolute Gasteiger partial charge is 0.305 e. The molecule has 1 saturated heterocycles. The monoisotopic (exact) mass is 490 g/mol. The van der Waals surface area contributed by atoms with Crippen LogP contribution >= 0.6 is 23.1 Å². The fourth-order valence-electron chi connectivity index (χ4n) is 7.03. The van der Waals surface area contributed by atoms with E-state index in [1.54, 1.807) is 18.9 Å². The lowest BCUT2D eigenvalue weighted by atomic mass is 9.68. The molecule has 2 bridgehead atoms. The van der Waals surface area contributed by atoms with Crippen LogP contribution in [0.5, 0.6) is 5.75 Å². The summed E-state index contributed by atoms with van der Waals surface area (Å²) in [6.07, 6.45) is 0.892. The van der Waals surface area contributed by atoms with Crippen LogP contribution in [-0.2, 0) is 9.59 Å². The highest BCUT2D eigenvalue weighted by Gasteiger charge is 2.69. The maximum Gasteiger partial charge on any atom is 0.305 e. The van der Waals surface area contributed by atoms with E-state index in [4.69, 9.17) is 4.74 Å². The maximum absolute atomic E-state index is 13.7. The number of thiazole rings is 1. The summed E-state index contributed by atoms with van der Waals surface area (Å²) in [5.74, 6) is 0.611. The van der Waals surface area contributed by atoms with Crippen molar-refractivity contribution in [3.05, 3.63) is 74.7 Å². The van der Waals surface area contributed by atoms with E-state index in [1.165, 1.54) is 16.2 Å². The molecule has 7 atom stereocenters. The van der Waals surface area contributed by atoms with Crippen LogP contribution in [0.3, 0.4) is 0 Å². The van der Waals surface area contributed by atoms with Gasteiger partial charge in [-0.15, -0.1) is 11.8 Å². The Bertz CT molecular complexity index is 1370. The van der Waals surface area contributed by atoms with Gasteiger partial charge in [0.15, 0.2) is 0 Å². The maximum atomic E-state index is 13.7. The molecule has 1 aromatic heterocycles. The van der Waals surface area contributed by atoms with Gasteiger partial charge in [0.2, 0.25) is 11.8 Å². The molecule has 2 aromatic carbocycles. The van der Waals surface area contributed by atoms with Gasteiger partial charge in [0.1, 0.15) is 5.75 Å². The Hall–Kier alpha value is -2.84. The molecule has 2 aliphatic heterocycles. The fraction of sp³-hybridized carbons (Fsp3) is 0.346. The zero-order valence-electron chi connectivity index (χ0n) is 18.3. The van der Waals surface area contributed by atoms with Gasteiger partial charge in [-0.25, -0.2) is 0 Å². The van der Waals surface area contributed by atoms with Gasteiger partial charge in [-0.2, -0.15) is 0 Å². The van der Waals surface area contributed by atoms with E-state index in [0.29, 0.717) is 5.69 Å². The van der Waals surface area contributed by atoms with E-state index >= 15 is 0 Å². The minimum Gasteiger partial charge on any atom is -0.497 e. The third kappa shape index (κ3) is 2.66. The number of aromatic nitrogens is 1. The van der Waals surface area contributed by atoms with Crippen molar-refractivity contribution in [3.63, 3.8) is 0 Å². The van der Waals surface area contributed by atoms with Gasteiger partial charge in [0, 0.05) is 16.0 Å². The predicted molar refractivity (Wildman–Crippen MR) is 130 cm³/mol. The lowest BCUT2D eigenvalue weighted by molar-refractivity contribution is -0.123. The summed E-state index contributed by atoms with van der Waals surface area (Å²) in [5.41, 5.74) is 1.80. The average molecular weight is 491 g/mol. The SMILES string of the molecule is COc1ccc([C@H]2c3sc(=O)[nH]c3S[C@H]3[C@@H]4C[C@H]([C@H]5C(=O)N(c6ccccc6)C(=O)[C@H]45)[C@H]23)cc1. The van der Waals surface area contributed by atoms with Crippen molar-refractivity contribution >= 4 is 40.6 Å². The number of para-hydroxylation sites is 1. The summed E-state index contributed by atoms with van der Waals surface area (Å²) in [7, 11) is 1.65. The summed E-state index contributed by atoms with van der Waals surface area (Å²) in [5, 5.41) is 1.13. The Morgan fingerprint density at radius 3 is 2.35 bits per heavy atom. The topological polar surface area (TPSA) is 79.5 Å². The highest BCUT2D eigenvalue weighted by Crippen LogP contribution is 2.68. The molecule has 2 aliphatic carbocycles. The molecule has 8 heteroatoms. The standard InChI is InChI=1S/C26H22N2O4S2/c1-32-14-9-7-12(8-10-14)17-18-15-11-16(21(18)33-23-22(17)34-26(31)27-23)20-19(15)24(29)28(25(20)30)13-5-3-2-4-6-13/h2-10,15-21H,11H2,1H3,(H,27,31)/t15-,16+,17+,18+,19+,20+,21-/m0/s1. The number of thioether (sulfide) groups is 1. The second-order valence-corrected chi connectivity index (χ2v) is 11.8. The van der Waals surface area contributed by atoms with Crippen molar-refractivity contribution in [3.8, 4) is 5.75 Å². The minimum atomic E-state index is -0.280. The van der Waals surface area contributed by atoms with Crippen molar-refractivity contribution in [2.45, 2.75) is 22.6 Å². The molecule has 0 radical (unpaired) electrons. The van der Waals surface area contributed by atoms with Crippen molar-refractivity contribution < 1.29 is 14.3 Å². The highest BCUT2D eigenvalue weighted by atomic mass is 32.2. The van der Waals surface area contributed by atoms with Gasteiger partial charge in [0.25, 0.3) is 0 Å². The van der Waals surface area contributed by atoms with Crippen LogP contribution in [0.1, 0.15) is 22.8 Å². The number of benzene rings is 2. The molecule has 3 heterocycles. The van der Waals surface area contributed by atoms with Crippen LogP contribution in [0, 0.1) is 29.6 Å². The Balaban J connectivity index is 1.33. The quantitative estimate of drug-likeness (QED) is 0.559. The van der Waals surface area contributed by atoms with E-state index in [1.807, 2.05) is 42.5 Å². The Morgan fingerprint density at radius 1 is 0.941 bits per heavy atom. The molecule has 0 unspecified atom stereocenters. The summed E-state index contributed by atoms with van der Waals surface area (Å²) < 4.78 is 5.36. The number of carbonyl (C=O) groups is 2. The fourth-order valence-corrected chi connectivity index (χ4v) is 9.92. The number of anilines is 1. The molecule has 1 N–H and O–H groups in total. The van der Waals surface area contributed by atoms with Gasteiger partial charge in [0.05, 0.1) is 29.7 Å². The van der Waals surface area contributed by atoms with Crippen molar-refractivity contribution in [1.82, 2.24) is 4.98 Å². The Labute approximate surface area is 204 Å². The van der Waals surface area contributed by atoms with E-state index < -0.39 is 0 Å². The van der Waals surface area contributed by atoms with E-state index in [9.17, 15) is 14.4 Å². The molecule has 172 valence electrons. The van der Waals surface area contributed by atoms with Crippen molar-refractivity contribution in [2.24, 2.45) is 29.6 Å². The predicted octanol–water partition coefficient (Wildman–Crippen LogP) is 4.12. The molecule has 3 fully saturated rings. The van der Waals surface area contributed by atoms with Gasteiger partial charge in [-0.05, 0) is 54.0 Å². The van der Waals surface area contributed by atoms with E-state index in [0.717, 1.165) is 27.6 Å². The number of aromatic amines is 1. The number of methoxy groups -OCH3 is 1. The molecule has 0 spiro atoms. The molecular formula is C26H22N2O4S2. The summed E-state index contributed by atoms with van der Waals surface area (Å²) in [4.78, 5) is 45.1. The first kappa shape index (κ1) is 20.5. The number of imide groups is 1. The van der Waals surface area contributed by atoms with Gasteiger partial charge < -0.3 is 9.72 Å². The number of nitrogens with one attached hydrogen (secondary N) is 1. The minimum absolute atomic E-state index is 0.0285. The van der Waals surface area contributed by atoms with Crippen LogP contribution in [0.25, 0.3) is 0 Å². The van der Waals surface area contributed by atoms with Gasteiger partial charge >= 0.3 is 4.87 Å². The summed E-state index contributed by atoms with van der Waals surface area (Å²) >= 11 is 2.99. The third-order valence-electron chi connectivity index (χ3n) is 8.21. The second kappa shape index (κ2) is 7.33. The number of fused-ring (bicyclic) bond motifs is 9. The van der Waals surface area contributed by atoms with Crippen LogP contribution in [0.15, 0.2) is 64.4 Å². The van der Waals surface area contributed by atoms with Crippen LogP contribution in [0.4, 0.5) is 5.69 Å². The largest absolute Gasteiger partial charge is 0.497 e. The van der Waals surface area contributed by atoms with Gasteiger partial charge in [-0.1, -0.05) is 41.7 Å². The first-order valence-corrected chi connectivity index (χ1v) is 13.2. The molecule has 6 nitrogen and oxygen atoms in total. The van der Waals surface area contributed by atoms with Gasteiger partial charge in [-0.3, -0.25) is 19.3 Å². The number of rotatable bonds is 3. The zero-order valence-corrected chi connectivity index (χ0v) is 20.0. The Morgan fingerprint density at radius 2 is 1.65 bits per heavy atom. The highest BCUT2D eigenvalue weighted by molar-refractivity contribution is 8.00. The number of ether oxygens (including phenoxy) is 1. The zero-order chi connectivity index (χ0) is 23.1. The van der Waals surface area contributed by atoms with Crippen molar-refractivity contribution in [2.75, 3.05) is 12.0 Å². The molecule has 4 aliphatic rings. The molecule has 34 heavy (non-hydrogen) atoms. The number of H-pyrrole nitrogens is 1.